The molecule has 1 N–H and O–H groups in total. The van der Waals surface area contributed by atoms with Crippen LogP contribution in [0.15, 0.2) is 30.5 Å². The predicted octanol–water partition coefficient (Wildman–Crippen LogP) is 3.02. The van der Waals surface area contributed by atoms with E-state index in [9.17, 15) is 9.18 Å². The number of halogens is 1. The molecule has 0 unspecified atom stereocenters. The van der Waals surface area contributed by atoms with E-state index in [0.29, 0.717) is 24.2 Å². The van der Waals surface area contributed by atoms with Crippen LogP contribution in [-0.4, -0.2) is 51.0 Å². The van der Waals surface area contributed by atoms with Gasteiger partial charge in [0.15, 0.2) is 5.69 Å². The van der Waals surface area contributed by atoms with E-state index in [0.717, 1.165) is 6.54 Å². The van der Waals surface area contributed by atoms with Gasteiger partial charge in [0.05, 0.1) is 12.2 Å². The highest BCUT2D eigenvalue weighted by atomic mass is 19.1. The van der Waals surface area contributed by atoms with Crippen molar-refractivity contribution < 1.29 is 9.18 Å². The van der Waals surface area contributed by atoms with Gasteiger partial charge in [-0.1, -0.05) is 29.8 Å². The van der Waals surface area contributed by atoms with Crippen LogP contribution >= 0.6 is 0 Å². The Kier molecular flexibility index (Phi) is 6.21. The van der Waals surface area contributed by atoms with Crippen LogP contribution in [0.2, 0.25) is 0 Å². The summed E-state index contributed by atoms with van der Waals surface area (Å²) in [5.41, 5.74) is 0.764. The molecule has 0 bridgehead atoms. The number of hydrogen-bond donors (Lipinski definition) is 1. The Hall–Kier alpha value is -2.28. The molecule has 0 aliphatic carbocycles. The Morgan fingerprint density at radius 2 is 2.00 bits per heavy atom. The first-order chi connectivity index (χ1) is 13.0. The first kappa shape index (κ1) is 19.5. The second-order valence-corrected chi connectivity index (χ2v) is 7.40. The van der Waals surface area contributed by atoms with Crippen LogP contribution in [0.25, 0.3) is 0 Å². The number of piperidine rings is 1. The molecule has 1 aliphatic rings. The fourth-order valence-electron chi connectivity index (χ4n) is 3.83. The number of benzene rings is 1. The Morgan fingerprint density at radius 1 is 1.30 bits per heavy atom. The highest BCUT2D eigenvalue weighted by Gasteiger charge is 2.24. The fourth-order valence-corrected chi connectivity index (χ4v) is 3.83. The van der Waals surface area contributed by atoms with Gasteiger partial charge < -0.3 is 5.32 Å². The van der Waals surface area contributed by atoms with E-state index in [4.69, 9.17) is 0 Å². The van der Waals surface area contributed by atoms with Gasteiger partial charge in [-0.2, -0.15) is 0 Å². The zero-order chi connectivity index (χ0) is 19.4. The molecule has 1 saturated heterocycles. The van der Waals surface area contributed by atoms with E-state index >= 15 is 0 Å². The minimum Gasteiger partial charge on any atom is -0.349 e. The number of carbonyl (C=O) groups excluding carboxylic acids is 1. The fraction of sp³-hybridized carbons (Fsp3) is 0.550. The summed E-state index contributed by atoms with van der Waals surface area (Å²) in [6.45, 7) is 7.71. The molecule has 0 spiro atoms. The summed E-state index contributed by atoms with van der Waals surface area (Å²) in [5, 5.41) is 10.9. The molecule has 1 aromatic carbocycles. The van der Waals surface area contributed by atoms with Crippen LogP contribution in [-0.2, 0) is 0 Å². The molecule has 2 heterocycles. The van der Waals surface area contributed by atoms with Crippen molar-refractivity contribution in [1.29, 1.82) is 0 Å². The van der Waals surface area contributed by atoms with Crippen LogP contribution < -0.4 is 5.32 Å². The van der Waals surface area contributed by atoms with E-state index in [-0.39, 0.29) is 23.5 Å². The summed E-state index contributed by atoms with van der Waals surface area (Å²) in [6.07, 6.45) is 5.26. The van der Waals surface area contributed by atoms with E-state index in [1.54, 1.807) is 24.4 Å². The molecule has 27 heavy (non-hydrogen) atoms. The second kappa shape index (κ2) is 8.61. The molecule has 0 radical (unpaired) electrons. The molecule has 1 aliphatic heterocycles. The molecular formula is C20H28FN5O. The molecule has 0 saturated carbocycles. The maximum Gasteiger partial charge on any atom is 0.273 e. The van der Waals surface area contributed by atoms with Gasteiger partial charge in [-0.15, -0.1) is 5.10 Å². The van der Waals surface area contributed by atoms with Crippen molar-refractivity contribution in [2.75, 3.05) is 13.1 Å². The number of nitrogens with one attached hydrogen (secondary N) is 1. The Labute approximate surface area is 159 Å². The van der Waals surface area contributed by atoms with E-state index in [1.807, 2.05) is 6.92 Å². The Morgan fingerprint density at radius 3 is 2.70 bits per heavy atom. The van der Waals surface area contributed by atoms with E-state index in [1.165, 1.54) is 30.0 Å². The molecule has 1 aromatic heterocycles. The number of amides is 1. The number of rotatable bonds is 6. The lowest BCUT2D eigenvalue weighted by Gasteiger charge is -2.38. The molecule has 3 rings (SSSR count). The van der Waals surface area contributed by atoms with E-state index < -0.39 is 0 Å². The smallest absolute Gasteiger partial charge is 0.273 e. The summed E-state index contributed by atoms with van der Waals surface area (Å²) in [5.74, 6) is -0.546. The van der Waals surface area contributed by atoms with Crippen LogP contribution in [0.1, 0.15) is 62.1 Å². The average Bonchev–Trinajstić information content (AvgIpc) is 3.14. The highest BCUT2D eigenvalue weighted by molar-refractivity contribution is 5.91. The molecule has 146 valence electrons. The number of nitrogens with zero attached hydrogens (tertiary/aromatic N) is 4. The standard InChI is InChI=1S/C20H28FN5O/c1-14-7-6-8-15(2)25(14)12-11-22-20(27)19-13-26(24-23-19)16(3)17-9-4-5-10-18(17)21/h4-5,9-10,13-16H,6-8,11-12H2,1-3H3,(H,22,27)/t14-,15-,16-/m0/s1. The Balaban J connectivity index is 1.56. The van der Waals surface area contributed by atoms with Crippen molar-refractivity contribution in [3.8, 4) is 0 Å². The van der Waals surface area contributed by atoms with Crippen LogP contribution in [0.3, 0.4) is 0 Å². The third-order valence-electron chi connectivity index (χ3n) is 5.53. The summed E-state index contributed by atoms with van der Waals surface area (Å²) in [4.78, 5) is 14.8. The molecular weight excluding hydrogens is 345 g/mol. The largest absolute Gasteiger partial charge is 0.349 e. The average molecular weight is 373 g/mol. The van der Waals surface area contributed by atoms with E-state index in [2.05, 4.69) is 34.4 Å². The topological polar surface area (TPSA) is 63.1 Å². The zero-order valence-electron chi connectivity index (χ0n) is 16.2. The first-order valence-corrected chi connectivity index (χ1v) is 9.67. The van der Waals surface area contributed by atoms with Crippen molar-refractivity contribution in [3.63, 3.8) is 0 Å². The number of aromatic nitrogens is 3. The predicted molar refractivity (Wildman–Crippen MR) is 102 cm³/mol. The lowest BCUT2D eigenvalue weighted by molar-refractivity contribution is 0.0885. The normalized spacial score (nSPS) is 21.8. The molecule has 3 atom stereocenters. The third-order valence-corrected chi connectivity index (χ3v) is 5.53. The van der Waals surface area contributed by atoms with Crippen molar-refractivity contribution in [3.05, 3.63) is 47.5 Å². The maximum atomic E-state index is 14.0. The molecule has 7 heteroatoms. The van der Waals surface area contributed by atoms with Gasteiger partial charge in [-0.3, -0.25) is 9.69 Å². The third kappa shape index (κ3) is 4.53. The van der Waals surface area contributed by atoms with Gasteiger partial charge in [0.25, 0.3) is 5.91 Å². The van der Waals surface area contributed by atoms with Gasteiger partial charge in [0.1, 0.15) is 5.82 Å². The molecule has 1 fully saturated rings. The molecule has 6 nitrogen and oxygen atoms in total. The number of carbonyl (C=O) groups is 1. The summed E-state index contributed by atoms with van der Waals surface area (Å²) >= 11 is 0. The van der Waals surface area contributed by atoms with Crippen molar-refractivity contribution in [2.45, 2.75) is 58.2 Å². The zero-order valence-corrected chi connectivity index (χ0v) is 16.2. The van der Waals surface area contributed by atoms with Gasteiger partial charge in [-0.05, 0) is 39.7 Å². The lowest BCUT2D eigenvalue weighted by atomic mass is 9.98. The molecule has 2 aromatic rings. The van der Waals surface area contributed by atoms with Crippen molar-refractivity contribution in [2.24, 2.45) is 0 Å². The second-order valence-electron chi connectivity index (χ2n) is 7.40. The minimum atomic E-state index is -0.338. The molecule has 1 amide bonds. The van der Waals surface area contributed by atoms with Gasteiger partial charge >= 0.3 is 0 Å². The Bertz CT molecular complexity index is 767. The van der Waals surface area contributed by atoms with Crippen LogP contribution in [0, 0.1) is 5.82 Å². The first-order valence-electron chi connectivity index (χ1n) is 9.67. The summed E-state index contributed by atoms with van der Waals surface area (Å²) in [7, 11) is 0. The van der Waals surface area contributed by atoms with Gasteiger partial charge in [0.2, 0.25) is 0 Å². The monoisotopic (exact) mass is 373 g/mol. The van der Waals surface area contributed by atoms with Crippen LogP contribution in [0.5, 0.6) is 0 Å². The number of likely N-dealkylation sites (tertiary alicyclic amines) is 1. The van der Waals surface area contributed by atoms with Gasteiger partial charge in [-0.25, -0.2) is 9.07 Å². The van der Waals surface area contributed by atoms with Crippen molar-refractivity contribution >= 4 is 5.91 Å². The maximum absolute atomic E-state index is 14.0. The van der Waals surface area contributed by atoms with Crippen LogP contribution in [0.4, 0.5) is 4.39 Å². The highest BCUT2D eigenvalue weighted by Crippen LogP contribution is 2.22. The van der Waals surface area contributed by atoms with Crippen molar-refractivity contribution in [1.82, 2.24) is 25.2 Å². The summed E-state index contributed by atoms with van der Waals surface area (Å²) < 4.78 is 15.5. The number of hydrogen-bond acceptors (Lipinski definition) is 4. The summed E-state index contributed by atoms with van der Waals surface area (Å²) in [6, 6.07) is 7.32. The van der Waals surface area contributed by atoms with Gasteiger partial charge in [0, 0.05) is 30.7 Å². The quantitative estimate of drug-likeness (QED) is 0.845. The SMILES string of the molecule is C[C@H]1CCC[C@H](C)N1CCNC(=O)c1cn([C@@H](C)c2ccccc2F)nn1. The lowest BCUT2D eigenvalue weighted by Crippen LogP contribution is -2.47. The minimum absolute atomic E-state index is 0.248.